The quantitative estimate of drug-likeness (QED) is 0.202. The van der Waals surface area contributed by atoms with Crippen molar-refractivity contribution in [1.29, 1.82) is 0 Å². The number of ether oxygens (including phenoxy) is 1. The fourth-order valence-electron chi connectivity index (χ4n) is 3.75. The third kappa shape index (κ3) is 8.46. The van der Waals surface area contributed by atoms with Crippen molar-refractivity contribution in [3.8, 4) is 5.75 Å². The Labute approximate surface area is 171 Å². The Hall–Kier alpha value is -0.500. The Morgan fingerprint density at radius 1 is 0.769 bits per heavy atom. The lowest BCUT2D eigenvalue weighted by molar-refractivity contribution is 0.0255. The zero-order valence-corrected chi connectivity index (χ0v) is 19.2. The first-order chi connectivity index (χ1) is 12.4. The summed E-state index contributed by atoms with van der Waals surface area (Å²) in [5, 5.41) is 0. The molecular formula is C24H41BrO. The van der Waals surface area contributed by atoms with Crippen LogP contribution in [0, 0.1) is 0 Å². The molecule has 150 valence electrons. The summed E-state index contributed by atoms with van der Waals surface area (Å²) in [6.45, 7) is 9.03. The van der Waals surface area contributed by atoms with Crippen molar-refractivity contribution in [2.75, 3.05) is 0 Å². The van der Waals surface area contributed by atoms with E-state index >= 15 is 0 Å². The van der Waals surface area contributed by atoms with Crippen molar-refractivity contribution >= 4 is 15.9 Å². The molecule has 1 rings (SSSR count). The molecule has 1 atom stereocenters. The molecule has 0 amide bonds. The first-order valence-electron chi connectivity index (χ1n) is 10.9. The SMILES string of the molecule is CCCCCCCCCCCCC(CC)(Oc1ccccc1)C(C)(C)Br. The molecule has 0 fully saturated rings. The number of hydrogen-bond acceptors (Lipinski definition) is 1. The molecule has 1 aromatic rings. The molecule has 0 aromatic heterocycles. The smallest absolute Gasteiger partial charge is 0.123 e. The second kappa shape index (κ2) is 12.8. The Kier molecular flexibility index (Phi) is 11.6. The average Bonchev–Trinajstić information content (AvgIpc) is 2.62. The van der Waals surface area contributed by atoms with Gasteiger partial charge in [0, 0.05) is 0 Å². The number of hydrogen-bond donors (Lipinski definition) is 0. The second-order valence-corrected chi connectivity index (χ2v) is 10.1. The third-order valence-electron chi connectivity index (χ3n) is 5.65. The van der Waals surface area contributed by atoms with E-state index in [0.29, 0.717) is 0 Å². The zero-order chi connectivity index (χ0) is 19.3. The van der Waals surface area contributed by atoms with Gasteiger partial charge in [0.2, 0.25) is 0 Å². The molecule has 26 heavy (non-hydrogen) atoms. The molecule has 0 spiro atoms. The van der Waals surface area contributed by atoms with Gasteiger partial charge in [0.25, 0.3) is 0 Å². The molecule has 1 unspecified atom stereocenters. The summed E-state index contributed by atoms with van der Waals surface area (Å²) in [5.41, 5.74) is -0.158. The minimum atomic E-state index is -0.158. The molecule has 0 heterocycles. The van der Waals surface area contributed by atoms with Crippen LogP contribution >= 0.6 is 15.9 Å². The third-order valence-corrected chi connectivity index (χ3v) is 6.37. The van der Waals surface area contributed by atoms with Crippen molar-refractivity contribution in [2.24, 2.45) is 0 Å². The van der Waals surface area contributed by atoms with Gasteiger partial charge in [-0.25, -0.2) is 0 Å². The first-order valence-corrected chi connectivity index (χ1v) is 11.7. The van der Waals surface area contributed by atoms with E-state index in [-0.39, 0.29) is 9.93 Å². The van der Waals surface area contributed by atoms with Crippen LogP contribution in [0.2, 0.25) is 0 Å². The van der Waals surface area contributed by atoms with Gasteiger partial charge in [-0.05, 0) is 45.2 Å². The van der Waals surface area contributed by atoms with Crippen LogP contribution in [-0.4, -0.2) is 9.93 Å². The van der Waals surface area contributed by atoms with E-state index in [1.807, 2.05) is 6.07 Å². The standard InChI is InChI=1S/C24H41BrO/c1-5-7-8-9-10-11-12-13-14-18-21-24(6-2,23(3,4)25)26-22-19-16-15-17-20-22/h15-17,19-20H,5-14,18,21H2,1-4H3. The molecule has 0 radical (unpaired) electrons. The van der Waals surface area contributed by atoms with Crippen LogP contribution in [0.4, 0.5) is 0 Å². The summed E-state index contributed by atoms with van der Waals surface area (Å²) in [6, 6.07) is 10.3. The maximum Gasteiger partial charge on any atom is 0.123 e. The van der Waals surface area contributed by atoms with E-state index in [0.717, 1.165) is 18.6 Å². The van der Waals surface area contributed by atoms with E-state index in [1.165, 1.54) is 64.2 Å². The fourth-order valence-corrected chi connectivity index (χ4v) is 4.31. The molecule has 0 aliphatic carbocycles. The molecule has 1 aromatic carbocycles. The van der Waals surface area contributed by atoms with Gasteiger partial charge in [-0.15, -0.1) is 0 Å². The Morgan fingerprint density at radius 2 is 1.27 bits per heavy atom. The lowest BCUT2D eigenvalue weighted by Crippen LogP contribution is -2.50. The number of para-hydroxylation sites is 1. The van der Waals surface area contributed by atoms with Crippen molar-refractivity contribution in [3.63, 3.8) is 0 Å². The van der Waals surface area contributed by atoms with Gasteiger partial charge >= 0.3 is 0 Å². The molecule has 0 saturated carbocycles. The van der Waals surface area contributed by atoms with Crippen LogP contribution < -0.4 is 4.74 Å². The number of unbranched alkanes of at least 4 members (excludes halogenated alkanes) is 9. The normalized spacial score (nSPS) is 14.2. The second-order valence-electron chi connectivity index (χ2n) is 8.17. The summed E-state index contributed by atoms with van der Waals surface area (Å²) in [7, 11) is 0. The Morgan fingerprint density at radius 3 is 1.73 bits per heavy atom. The minimum Gasteiger partial charge on any atom is -0.486 e. The molecule has 0 bridgehead atoms. The van der Waals surface area contributed by atoms with Crippen molar-refractivity contribution in [3.05, 3.63) is 30.3 Å². The number of benzene rings is 1. The minimum absolute atomic E-state index is 0.0517. The van der Waals surface area contributed by atoms with Crippen molar-refractivity contribution in [1.82, 2.24) is 0 Å². The number of halogens is 1. The van der Waals surface area contributed by atoms with Crippen molar-refractivity contribution in [2.45, 2.75) is 115 Å². The molecule has 1 nitrogen and oxygen atoms in total. The maximum atomic E-state index is 6.55. The van der Waals surface area contributed by atoms with Gasteiger partial charge in [-0.1, -0.05) is 106 Å². The van der Waals surface area contributed by atoms with E-state index in [2.05, 4.69) is 67.9 Å². The lowest BCUT2D eigenvalue weighted by atomic mass is 9.82. The van der Waals surface area contributed by atoms with E-state index in [9.17, 15) is 0 Å². The van der Waals surface area contributed by atoms with Crippen LogP contribution in [0.5, 0.6) is 5.75 Å². The van der Waals surface area contributed by atoms with E-state index < -0.39 is 0 Å². The maximum absolute atomic E-state index is 6.55. The highest BCUT2D eigenvalue weighted by molar-refractivity contribution is 9.10. The zero-order valence-electron chi connectivity index (χ0n) is 17.7. The average molecular weight is 425 g/mol. The van der Waals surface area contributed by atoms with Crippen LogP contribution in [0.25, 0.3) is 0 Å². The molecule has 0 aliphatic heterocycles. The van der Waals surface area contributed by atoms with Gasteiger partial charge in [-0.3, -0.25) is 0 Å². The van der Waals surface area contributed by atoms with Gasteiger partial charge in [0.15, 0.2) is 0 Å². The van der Waals surface area contributed by atoms with Gasteiger partial charge < -0.3 is 4.74 Å². The highest BCUT2D eigenvalue weighted by Gasteiger charge is 2.43. The predicted molar refractivity (Wildman–Crippen MR) is 120 cm³/mol. The van der Waals surface area contributed by atoms with Crippen LogP contribution in [0.3, 0.4) is 0 Å². The summed E-state index contributed by atoms with van der Waals surface area (Å²) in [6.07, 6.45) is 15.9. The van der Waals surface area contributed by atoms with Crippen LogP contribution in [0.1, 0.15) is 105 Å². The molecule has 2 heteroatoms. The summed E-state index contributed by atoms with van der Waals surface area (Å²) >= 11 is 3.92. The largest absolute Gasteiger partial charge is 0.486 e. The molecular weight excluding hydrogens is 384 g/mol. The summed E-state index contributed by atoms with van der Waals surface area (Å²) in [4.78, 5) is 0. The van der Waals surface area contributed by atoms with Gasteiger partial charge in [0.1, 0.15) is 11.4 Å². The van der Waals surface area contributed by atoms with Gasteiger partial charge in [0.05, 0.1) is 4.32 Å². The summed E-state index contributed by atoms with van der Waals surface area (Å²) in [5.74, 6) is 0.981. The monoisotopic (exact) mass is 424 g/mol. The molecule has 0 saturated heterocycles. The van der Waals surface area contributed by atoms with Crippen LogP contribution in [-0.2, 0) is 0 Å². The highest BCUT2D eigenvalue weighted by Crippen LogP contribution is 2.41. The van der Waals surface area contributed by atoms with Gasteiger partial charge in [-0.2, -0.15) is 0 Å². The fraction of sp³-hybridized carbons (Fsp3) is 0.750. The number of alkyl halides is 1. The Bertz CT molecular complexity index is 451. The van der Waals surface area contributed by atoms with Crippen molar-refractivity contribution < 1.29 is 4.74 Å². The number of rotatable bonds is 15. The van der Waals surface area contributed by atoms with Crippen LogP contribution in [0.15, 0.2) is 30.3 Å². The Balaban J connectivity index is 2.38. The summed E-state index contributed by atoms with van der Waals surface area (Å²) < 4.78 is 6.50. The lowest BCUT2D eigenvalue weighted by Gasteiger charge is -2.43. The highest BCUT2D eigenvalue weighted by atomic mass is 79.9. The first kappa shape index (κ1) is 23.5. The molecule has 0 aliphatic rings. The van der Waals surface area contributed by atoms with E-state index in [1.54, 1.807) is 0 Å². The predicted octanol–water partition coefficient (Wildman–Crippen LogP) is 8.70. The van der Waals surface area contributed by atoms with E-state index in [4.69, 9.17) is 4.74 Å². The molecule has 0 N–H and O–H groups in total. The topological polar surface area (TPSA) is 9.23 Å².